The Morgan fingerprint density at radius 3 is 2.48 bits per heavy atom. The van der Waals surface area contributed by atoms with Crippen LogP contribution in [0.3, 0.4) is 0 Å². The Morgan fingerprint density at radius 1 is 1.16 bits per heavy atom. The van der Waals surface area contributed by atoms with E-state index in [0.29, 0.717) is 11.6 Å². The van der Waals surface area contributed by atoms with Crippen LogP contribution < -0.4 is 14.8 Å². The van der Waals surface area contributed by atoms with Crippen LogP contribution in [0, 0.1) is 11.6 Å². The van der Waals surface area contributed by atoms with Gasteiger partial charge in [-0.2, -0.15) is 0 Å². The third-order valence-electron chi connectivity index (χ3n) is 3.20. The first-order valence-corrected chi connectivity index (χ1v) is 7.87. The first kappa shape index (κ1) is 18.9. The summed E-state index contributed by atoms with van der Waals surface area (Å²) < 4.78 is 37.3. The van der Waals surface area contributed by atoms with E-state index in [1.54, 1.807) is 0 Å². The van der Waals surface area contributed by atoms with Gasteiger partial charge in [-0.3, -0.25) is 9.59 Å². The molecule has 0 aliphatic carbocycles. The first-order chi connectivity index (χ1) is 11.8. The van der Waals surface area contributed by atoms with E-state index in [0.717, 1.165) is 6.07 Å². The smallest absolute Gasteiger partial charge is 0.262 e. The number of rotatable bonds is 6. The van der Waals surface area contributed by atoms with Crippen LogP contribution in [-0.4, -0.2) is 25.4 Å². The summed E-state index contributed by atoms with van der Waals surface area (Å²) in [7, 11) is 1.40. The number of ketones is 1. The summed E-state index contributed by atoms with van der Waals surface area (Å²) in [6.45, 7) is 0.983. The van der Waals surface area contributed by atoms with Gasteiger partial charge in [0, 0.05) is 16.1 Å². The number of amides is 1. The molecule has 2 aromatic carbocycles. The lowest BCUT2D eigenvalue weighted by molar-refractivity contribution is -0.118. The Balaban J connectivity index is 2.07. The molecule has 2 rings (SSSR count). The highest BCUT2D eigenvalue weighted by atomic mass is 79.9. The van der Waals surface area contributed by atoms with Crippen LogP contribution >= 0.6 is 15.9 Å². The molecule has 132 valence electrons. The highest BCUT2D eigenvalue weighted by Gasteiger charge is 2.14. The second-order valence-electron chi connectivity index (χ2n) is 5.00. The van der Waals surface area contributed by atoms with Gasteiger partial charge < -0.3 is 14.8 Å². The van der Waals surface area contributed by atoms with Crippen LogP contribution in [0.1, 0.15) is 17.3 Å². The predicted octanol–water partition coefficient (Wildman–Crippen LogP) is 3.96. The molecule has 5 nitrogen and oxygen atoms in total. The van der Waals surface area contributed by atoms with E-state index in [9.17, 15) is 18.4 Å². The van der Waals surface area contributed by atoms with Crippen LogP contribution in [0.4, 0.5) is 14.5 Å². The summed E-state index contributed by atoms with van der Waals surface area (Å²) in [5, 5.41) is 2.30. The summed E-state index contributed by atoms with van der Waals surface area (Å²) in [4.78, 5) is 23.3. The molecule has 0 aliphatic rings. The average Bonchev–Trinajstić information content (AvgIpc) is 2.55. The van der Waals surface area contributed by atoms with Gasteiger partial charge in [-0.1, -0.05) is 0 Å². The number of halogens is 3. The largest absolute Gasteiger partial charge is 0.493 e. The Morgan fingerprint density at radius 2 is 1.88 bits per heavy atom. The van der Waals surface area contributed by atoms with E-state index in [-0.39, 0.29) is 27.4 Å². The van der Waals surface area contributed by atoms with Crippen LogP contribution in [0.25, 0.3) is 0 Å². The van der Waals surface area contributed by atoms with Gasteiger partial charge in [-0.15, -0.1) is 0 Å². The van der Waals surface area contributed by atoms with Crippen LogP contribution in [0.5, 0.6) is 11.5 Å². The normalized spacial score (nSPS) is 10.3. The van der Waals surface area contributed by atoms with Crippen molar-refractivity contribution in [3.05, 3.63) is 52.0 Å². The zero-order valence-corrected chi connectivity index (χ0v) is 14.9. The lowest BCUT2D eigenvalue weighted by atomic mass is 10.1. The van der Waals surface area contributed by atoms with Crippen molar-refractivity contribution in [2.24, 2.45) is 0 Å². The van der Waals surface area contributed by atoms with Crippen molar-refractivity contribution in [2.45, 2.75) is 6.92 Å². The summed E-state index contributed by atoms with van der Waals surface area (Å²) >= 11 is 2.98. The molecule has 0 fully saturated rings. The van der Waals surface area contributed by atoms with Gasteiger partial charge in [0.15, 0.2) is 29.7 Å². The number of anilines is 1. The SMILES string of the molecule is COc1cc(C(C)=O)ccc1OCC(=O)Nc1c(F)cc(F)cc1Br. The highest BCUT2D eigenvalue weighted by molar-refractivity contribution is 9.10. The van der Waals surface area contributed by atoms with Crippen LogP contribution in [-0.2, 0) is 4.79 Å². The number of carbonyl (C=O) groups is 2. The van der Waals surface area contributed by atoms with E-state index in [2.05, 4.69) is 21.2 Å². The van der Waals surface area contributed by atoms with Crippen molar-refractivity contribution in [2.75, 3.05) is 19.0 Å². The number of benzene rings is 2. The molecule has 1 amide bonds. The molecular weight excluding hydrogens is 400 g/mol. The Bertz CT molecular complexity index is 803. The van der Waals surface area contributed by atoms with Gasteiger partial charge in [0.25, 0.3) is 5.91 Å². The summed E-state index contributed by atoms with van der Waals surface area (Å²) in [6.07, 6.45) is 0. The summed E-state index contributed by atoms with van der Waals surface area (Å²) in [5.41, 5.74) is 0.250. The summed E-state index contributed by atoms with van der Waals surface area (Å²) in [6, 6.07) is 6.21. The van der Waals surface area contributed by atoms with E-state index in [1.807, 2.05) is 0 Å². The van der Waals surface area contributed by atoms with Gasteiger partial charge in [-0.25, -0.2) is 8.78 Å². The number of hydrogen-bond acceptors (Lipinski definition) is 4. The minimum absolute atomic E-state index is 0.0711. The number of Topliss-reactive ketones (excluding diaryl/α,β-unsaturated/α-hetero) is 1. The maximum absolute atomic E-state index is 13.7. The van der Waals surface area contributed by atoms with Crippen molar-refractivity contribution >= 4 is 33.3 Å². The molecule has 0 saturated heterocycles. The third-order valence-corrected chi connectivity index (χ3v) is 3.83. The third kappa shape index (κ3) is 4.76. The number of hydrogen-bond donors (Lipinski definition) is 1. The number of nitrogens with one attached hydrogen (secondary N) is 1. The van der Waals surface area contributed by atoms with E-state index in [4.69, 9.17) is 9.47 Å². The lowest BCUT2D eigenvalue weighted by Crippen LogP contribution is -2.21. The van der Waals surface area contributed by atoms with Crippen molar-refractivity contribution in [3.63, 3.8) is 0 Å². The molecule has 0 bridgehead atoms. The minimum atomic E-state index is -0.913. The molecular formula is C17H14BrF2NO4. The molecule has 0 spiro atoms. The standard InChI is InChI=1S/C17H14BrF2NO4/c1-9(22)10-3-4-14(15(5-10)24-2)25-8-16(23)21-17-12(18)6-11(19)7-13(17)20/h3-7H,8H2,1-2H3,(H,21,23). The Hall–Kier alpha value is -2.48. The molecule has 0 heterocycles. The predicted molar refractivity (Wildman–Crippen MR) is 91.2 cm³/mol. The van der Waals surface area contributed by atoms with Crippen molar-refractivity contribution in [1.29, 1.82) is 0 Å². The lowest BCUT2D eigenvalue weighted by Gasteiger charge is -2.12. The maximum Gasteiger partial charge on any atom is 0.262 e. The summed E-state index contributed by atoms with van der Waals surface area (Å²) in [5.74, 6) is -1.93. The van der Waals surface area contributed by atoms with Gasteiger partial charge in [0.1, 0.15) is 5.82 Å². The van der Waals surface area contributed by atoms with Gasteiger partial charge >= 0.3 is 0 Å². The van der Waals surface area contributed by atoms with Gasteiger partial charge in [-0.05, 0) is 47.1 Å². The number of carbonyl (C=O) groups excluding carboxylic acids is 2. The fraction of sp³-hybridized carbons (Fsp3) is 0.176. The zero-order valence-electron chi connectivity index (χ0n) is 13.4. The molecule has 1 N–H and O–H groups in total. The molecule has 0 aliphatic heterocycles. The monoisotopic (exact) mass is 413 g/mol. The zero-order chi connectivity index (χ0) is 18.6. The van der Waals surface area contributed by atoms with Crippen LogP contribution in [0.15, 0.2) is 34.8 Å². The molecule has 8 heteroatoms. The number of ether oxygens (including phenoxy) is 2. The van der Waals surface area contributed by atoms with E-state index >= 15 is 0 Å². The second kappa shape index (κ2) is 8.06. The fourth-order valence-electron chi connectivity index (χ4n) is 1.99. The molecule has 0 atom stereocenters. The quantitative estimate of drug-likeness (QED) is 0.728. The van der Waals surface area contributed by atoms with E-state index < -0.39 is 24.1 Å². The molecule has 0 radical (unpaired) electrons. The van der Waals surface area contributed by atoms with Crippen molar-refractivity contribution in [3.8, 4) is 11.5 Å². The topological polar surface area (TPSA) is 64.6 Å². The molecule has 25 heavy (non-hydrogen) atoms. The number of methoxy groups -OCH3 is 1. The van der Waals surface area contributed by atoms with Crippen LogP contribution in [0.2, 0.25) is 0 Å². The molecule has 0 aromatic heterocycles. The average molecular weight is 414 g/mol. The second-order valence-corrected chi connectivity index (χ2v) is 5.86. The van der Waals surface area contributed by atoms with E-state index in [1.165, 1.54) is 32.2 Å². The van der Waals surface area contributed by atoms with Gasteiger partial charge in [0.2, 0.25) is 0 Å². The maximum atomic E-state index is 13.7. The highest BCUT2D eigenvalue weighted by Crippen LogP contribution is 2.29. The Kier molecular flexibility index (Phi) is 6.08. The molecule has 2 aromatic rings. The van der Waals surface area contributed by atoms with Crippen molar-refractivity contribution < 1.29 is 27.8 Å². The molecule has 0 saturated carbocycles. The minimum Gasteiger partial charge on any atom is -0.493 e. The molecule has 0 unspecified atom stereocenters. The van der Waals surface area contributed by atoms with Gasteiger partial charge in [0.05, 0.1) is 12.8 Å². The fourth-order valence-corrected chi connectivity index (χ4v) is 2.49. The Labute approximate surface area is 151 Å². The van der Waals surface area contributed by atoms with Crippen molar-refractivity contribution in [1.82, 2.24) is 0 Å². The first-order valence-electron chi connectivity index (χ1n) is 7.08.